The average Bonchev–Trinajstić information content (AvgIpc) is 2.68. The van der Waals surface area contributed by atoms with Crippen LogP contribution in [0.15, 0.2) is 23.1 Å². The minimum atomic E-state index is -3.82. The summed E-state index contributed by atoms with van der Waals surface area (Å²) in [5.74, 6) is -0.146. The molecule has 1 fully saturated rings. The van der Waals surface area contributed by atoms with Crippen molar-refractivity contribution in [3.8, 4) is 0 Å². The molecule has 0 atom stereocenters. The van der Waals surface area contributed by atoms with Gasteiger partial charge in [-0.2, -0.15) is 0 Å². The zero-order valence-electron chi connectivity index (χ0n) is 11.6. The van der Waals surface area contributed by atoms with Crippen LogP contribution in [-0.4, -0.2) is 14.3 Å². The van der Waals surface area contributed by atoms with Crippen molar-refractivity contribution in [3.63, 3.8) is 0 Å². The molecule has 2 rings (SSSR count). The summed E-state index contributed by atoms with van der Waals surface area (Å²) in [5.41, 5.74) is 0.289. The number of anilines is 1. The van der Waals surface area contributed by atoms with Gasteiger partial charge >= 0.3 is 0 Å². The zero-order chi connectivity index (χ0) is 15.5. The Labute approximate surface area is 129 Å². The largest absolute Gasteiger partial charge is 0.324 e. The van der Waals surface area contributed by atoms with Crippen LogP contribution in [-0.2, 0) is 14.8 Å². The van der Waals surface area contributed by atoms with E-state index in [1.807, 2.05) is 0 Å². The van der Waals surface area contributed by atoms with Crippen molar-refractivity contribution in [3.05, 3.63) is 23.2 Å². The molecule has 0 radical (unpaired) electrons. The van der Waals surface area contributed by atoms with Gasteiger partial charge in [-0.15, -0.1) is 0 Å². The predicted octanol–water partition coefficient (Wildman–Crippen LogP) is 2.90. The van der Waals surface area contributed by atoms with Crippen LogP contribution in [0.1, 0.15) is 38.5 Å². The second-order valence-electron chi connectivity index (χ2n) is 5.36. The molecule has 0 saturated heterocycles. The number of nitrogens with one attached hydrogen (secondary N) is 1. The van der Waals surface area contributed by atoms with Gasteiger partial charge < -0.3 is 5.32 Å². The minimum Gasteiger partial charge on any atom is -0.324 e. The van der Waals surface area contributed by atoms with Crippen LogP contribution < -0.4 is 10.5 Å². The number of rotatable bonds is 3. The molecule has 1 aliphatic carbocycles. The van der Waals surface area contributed by atoms with Crippen molar-refractivity contribution in [1.29, 1.82) is 0 Å². The molecule has 0 aliphatic heterocycles. The Hall–Kier alpha value is -1.11. The average molecular weight is 331 g/mol. The van der Waals surface area contributed by atoms with Crippen LogP contribution in [0, 0.1) is 5.92 Å². The summed E-state index contributed by atoms with van der Waals surface area (Å²) in [4.78, 5) is 12.2. The van der Waals surface area contributed by atoms with Crippen molar-refractivity contribution in [2.45, 2.75) is 43.4 Å². The minimum absolute atomic E-state index is 0.0401. The standard InChI is InChI=1S/C14H19ClN2O3S/c15-12-8-7-11(21(16,19)20)9-13(12)17-14(18)10-5-3-1-2-4-6-10/h7-10H,1-6H2,(H,17,18)(H2,16,19,20). The molecule has 5 nitrogen and oxygen atoms in total. The summed E-state index contributed by atoms with van der Waals surface area (Å²) in [6, 6.07) is 4.04. The lowest BCUT2D eigenvalue weighted by molar-refractivity contribution is -0.120. The first-order valence-corrected chi connectivity index (χ1v) is 8.93. The first-order chi connectivity index (χ1) is 9.88. The molecule has 1 aromatic rings. The fourth-order valence-corrected chi connectivity index (χ4v) is 3.26. The number of carbonyl (C=O) groups is 1. The fraction of sp³-hybridized carbons (Fsp3) is 0.500. The lowest BCUT2D eigenvalue weighted by Gasteiger charge is -2.15. The summed E-state index contributed by atoms with van der Waals surface area (Å²) >= 11 is 6.01. The highest BCUT2D eigenvalue weighted by molar-refractivity contribution is 7.89. The van der Waals surface area contributed by atoms with Gasteiger partial charge in [-0.25, -0.2) is 13.6 Å². The van der Waals surface area contributed by atoms with Crippen molar-refractivity contribution < 1.29 is 13.2 Å². The highest BCUT2D eigenvalue weighted by atomic mass is 35.5. The van der Waals surface area contributed by atoms with E-state index < -0.39 is 10.0 Å². The Morgan fingerprint density at radius 2 is 1.81 bits per heavy atom. The number of benzene rings is 1. The lowest BCUT2D eigenvalue weighted by atomic mass is 9.99. The number of amides is 1. The van der Waals surface area contributed by atoms with Crippen LogP contribution in [0.25, 0.3) is 0 Å². The number of sulfonamides is 1. The van der Waals surface area contributed by atoms with Crippen molar-refractivity contribution in [2.24, 2.45) is 11.1 Å². The van der Waals surface area contributed by atoms with Crippen LogP contribution >= 0.6 is 11.6 Å². The quantitative estimate of drug-likeness (QED) is 0.835. The molecular weight excluding hydrogens is 312 g/mol. The normalized spacial score (nSPS) is 17.2. The molecule has 1 aliphatic rings. The Bertz CT molecular complexity index is 623. The Morgan fingerprint density at radius 1 is 1.19 bits per heavy atom. The Morgan fingerprint density at radius 3 is 2.38 bits per heavy atom. The van der Waals surface area contributed by atoms with E-state index in [1.165, 1.54) is 18.2 Å². The molecular formula is C14H19ClN2O3S. The molecule has 0 bridgehead atoms. The van der Waals surface area contributed by atoms with Crippen LogP contribution in [0.5, 0.6) is 0 Å². The van der Waals surface area contributed by atoms with E-state index >= 15 is 0 Å². The smallest absolute Gasteiger partial charge is 0.238 e. The molecule has 1 saturated carbocycles. The molecule has 1 amide bonds. The lowest BCUT2D eigenvalue weighted by Crippen LogP contribution is -2.23. The predicted molar refractivity (Wildman–Crippen MR) is 82.6 cm³/mol. The van der Waals surface area contributed by atoms with Crippen LogP contribution in [0.4, 0.5) is 5.69 Å². The summed E-state index contributed by atoms with van der Waals surface area (Å²) in [7, 11) is -3.82. The molecule has 7 heteroatoms. The van der Waals surface area contributed by atoms with E-state index in [-0.39, 0.29) is 22.4 Å². The van der Waals surface area contributed by atoms with Gasteiger partial charge in [-0.3, -0.25) is 4.79 Å². The van der Waals surface area contributed by atoms with Gasteiger partial charge in [0.1, 0.15) is 0 Å². The van der Waals surface area contributed by atoms with Gasteiger partial charge in [0.15, 0.2) is 0 Å². The highest BCUT2D eigenvalue weighted by Crippen LogP contribution is 2.28. The van der Waals surface area contributed by atoms with Gasteiger partial charge in [-0.1, -0.05) is 37.3 Å². The maximum absolute atomic E-state index is 12.3. The number of nitrogens with two attached hydrogens (primary N) is 1. The Kier molecular flexibility index (Phi) is 5.24. The highest BCUT2D eigenvalue weighted by Gasteiger charge is 2.21. The topological polar surface area (TPSA) is 89.3 Å². The summed E-state index contributed by atoms with van der Waals surface area (Å²) in [6.45, 7) is 0. The number of primary sulfonamides is 1. The Balaban J connectivity index is 2.16. The third-order valence-corrected chi connectivity index (χ3v) is 4.99. The monoisotopic (exact) mass is 330 g/mol. The number of hydrogen-bond donors (Lipinski definition) is 2. The molecule has 1 aromatic carbocycles. The molecule has 0 spiro atoms. The van der Waals surface area contributed by atoms with E-state index in [2.05, 4.69) is 5.32 Å². The summed E-state index contributed by atoms with van der Waals surface area (Å²) in [6.07, 6.45) is 6.12. The fourth-order valence-electron chi connectivity index (χ4n) is 2.55. The maximum Gasteiger partial charge on any atom is 0.238 e. The van der Waals surface area contributed by atoms with E-state index in [0.717, 1.165) is 38.5 Å². The van der Waals surface area contributed by atoms with Crippen LogP contribution in [0.3, 0.4) is 0 Å². The molecule has 21 heavy (non-hydrogen) atoms. The van der Waals surface area contributed by atoms with E-state index in [9.17, 15) is 13.2 Å². The SMILES string of the molecule is NS(=O)(=O)c1ccc(Cl)c(NC(=O)C2CCCCCC2)c1. The van der Waals surface area contributed by atoms with Crippen molar-refractivity contribution in [1.82, 2.24) is 0 Å². The van der Waals surface area contributed by atoms with Gasteiger partial charge in [-0.05, 0) is 31.0 Å². The maximum atomic E-state index is 12.3. The third-order valence-electron chi connectivity index (χ3n) is 3.75. The van der Waals surface area contributed by atoms with Gasteiger partial charge in [0.25, 0.3) is 0 Å². The van der Waals surface area contributed by atoms with Gasteiger partial charge in [0.2, 0.25) is 15.9 Å². The van der Waals surface area contributed by atoms with Gasteiger partial charge in [0, 0.05) is 5.92 Å². The molecule has 0 aromatic heterocycles. The van der Waals surface area contributed by atoms with Crippen LogP contribution in [0.2, 0.25) is 5.02 Å². The number of halogens is 1. The summed E-state index contributed by atoms with van der Waals surface area (Å²) in [5, 5.41) is 8.11. The van der Waals surface area contributed by atoms with Gasteiger partial charge in [0.05, 0.1) is 15.6 Å². The second kappa shape index (κ2) is 6.77. The molecule has 116 valence electrons. The zero-order valence-corrected chi connectivity index (χ0v) is 13.2. The van der Waals surface area contributed by atoms with E-state index in [0.29, 0.717) is 5.02 Å². The second-order valence-corrected chi connectivity index (χ2v) is 7.33. The first-order valence-electron chi connectivity index (χ1n) is 7.01. The third kappa shape index (κ3) is 4.43. The number of carbonyl (C=O) groups excluding carboxylic acids is 1. The van der Waals surface area contributed by atoms with E-state index in [4.69, 9.17) is 16.7 Å². The first kappa shape index (κ1) is 16.3. The molecule has 0 unspecified atom stereocenters. The molecule has 0 heterocycles. The summed E-state index contributed by atoms with van der Waals surface area (Å²) < 4.78 is 22.7. The number of hydrogen-bond acceptors (Lipinski definition) is 3. The van der Waals surface area contributed by atoms with E-state index in [1.54, 1.807) is 0 Å². The van der Waals surface area contributed by atoms with Crippen molar-refractivity contribution >= 4 is 33.2 Å². The van der Waals surface area contributed by atoms with Crippen molar-refractivity contribution in [2.75, 3.05) is 5.32 Å². The molecule has 3 N–H and O–H groups in total.